The highest BCUT2D eigenvalue weighted by Gasteiger charge is 1.81. The fourth-order valence-corrected chi connectivity index (χ4v) is 1.16. The maximum absolute atomic E-state index is 2.28. The summed E-state index contributed by atoms with van der Waals surface area (Å²) in [6.45, 7) is 0. The Hall–Kier alpha value is -1.04. The molecule has 0 aliphatic heterocycles. The lowest BCUT2D eigenvalue weighted by Gasteiger charge is -1.89. The van der Waals surface area contributed by atoms with Crippen LogP contribution in [-0.2, 0) is 0 Å². The van der Waals surface area contributed by atoms with Crippen molar-refractivity contribution in [3.63, 3.8) is 0 Å². The Balaban J connectivity index is 2.38. The van der Waals surface area contributed by atoms with E-state index in [0.717, 1.165) is 25.7 Å². The van der Waals surface area contributed by atoms with Crippen molar-refractivity contribution in [1.29, 1.82) is 0 Å². The third-order valence-electron chi connectivity index (χ3n) is 1.88. The second-order valence-electron chi connectivity index (χ2n) is 3.05. The summed E-state index contributed by atoms with van der Waals surface area (Å²) in [5, 5.41) is 0. The molecule has 0 fully saturated rings. The quantitative estimate of drug-likeness (QED) is 0.486. The van der Waals surface area contributed by atoms with Crippen molar-refractivity contribution in [2.24, 2.45) is 0 Å². The van der Waals surface area contributed by atoms with E-state index in [9.17, 15) is 0 Å². The topological polar surface area (TPSA) is 0 Å². The van der Waals surface area contributed by atoms with Gasteiger partial charge in [-0.1, -0.05) is 48.6 Å². The molecule has 0 saturated carbocycles. The molecule has 1 aliphatic carbocycles. The van der Waals surface area contributed by atoms with Gasteiger partial charge in [0.15, 0.2) is 0 Å². The predicted molar refractivity (Wildman–Crippen MR) is 59.3 cm³/mol. The van der Waals surface area contributed by atoms with E-state index in [0.29, 0.717) is 0 Å². The van der Waals surface area contributed by atoms with E-state index >= 15 is 0 Å². The van der Waals surface area contributed by atoms with Gasteiger partial charge in [0.25, 0.3) is 0 Å². The molecule has 1 aliphatic rings. The molecule has 0 bridgehead atoms. The largest absolute Gasteiger partial charge is 0.0882 e. The molecule has 1 rings (SSSR count). The van der Waals surface area contributed by atoms with Crippen molar-refractivity contribution >= 4 is 0 Å². The van der Waals surface area contributed by atoms with Crippen LogP contribution in [0.25, 0.3) is 0 Å². The Morgan fingerprint density at radius 2 is 1.23 bits per heavy atom. The Morgan fingerprint density at radius 1 is 0.538 bits per heavy atom. The zero-order valence-corrected chi connectivity index (χ0v) is 8.02. The van der Waals surface area contributed by atoms with E-state index in [-0.39, 0.29) is 0 Å². The lowest BCUT2D eigenvalue weighted by Crippen LogP contribution is -1.70. The molecule has 0 saturated heterocycles. The van der Waals surface area contributed by atoms with Crippen LogP contribution in [0.3, 0.4) is 0 Å². The summed E-state index contributed by atoms with van der Waals surface area (Å²) in [4.78, 5) is 0. The first-order valence-electron chi connectivity index (χ1n) is 4.95. The van der Waals surface area contributed by atoms with Crippen LogP contribution in [0.1, 0.15) is 25.7 Å². The normalized spacial score (nSPS) is 28.9. The van der Waals surface area contributed by atoms with Crippen LogP contribution in [0.4, 0.5) is 0 Å². The Kier molecular flexibility index (Phi) is 5.87. The monoisotopic (exact) mass is 173 g/mol. The minimum absolute atomic E-state index is 1.07. The first-order chi connectivity index (χ1) is 6.50. The van der Waals surface area contributed by atoms with Gasteiger partial charge in [-0.05, 0) is 32.1 Å². The lowest BCUT2D eigenvalue weighted by molar-refractivity contribution is 1.03. The zero-order valence-electron chi connectivity index (χ0n) is 8.02. The summed E-state index contributed by atoms with van der Waals surface area (Å²) in [6, 6.07) is 0. The van der Waals surface area contributed by atoms with Crippen molar-refractivity contribution < 1.29 is 0 Å². The van der Waals surface area contributed by atoms with E-state index in [2.05, 4.69) is 55.0 Å². The molecule has 0 N–H and O–H groups in total. The second-order valence-corrected chi connectivity index (χ2v) is 3.05. The van der Waals surface area contributed by atoms with Gasteiger partial charge in [-0.25, -0.2) is 0 Å². The molecule has 1 radical (unpaired) electrons. The molecule has 0 unspecified atom stereocenters. The predicted octanol–water partition coefficient (Wildman–Crippen LogP) is 3.99. The van der Waals surface area contributed by atoms with Crippen LogP contribution in [0, 0.1) is 6.42 Å². The molecule has 0 aromatic rings. The lowest BCUT2D eigenvalue weighted by atomic mass is 10.2. The van der Waals surface area contributed by atoms with Crippen LogP contribution in [0.15, 0.2) is 48.6 Å². The number of hydrogen-bond acceptors (Lipinski definition) is 0. The molecule has 69 valence electrons. The highest BCUT2D eigenvalue weighted by atomic mass is 13.9. The summed E-state index contributed by atoms with van der Waals surface area (Å²) in [5.41, 5.74) is 0. The molecule has 0 nitrogen and oxygen atoms in total. The Bertz CT molecular complexity index is 216. The van der Waals surface area contributed by atoms with Crippen molar-refractivity contribution in [3.8, 4) is 0 Å². The molecular weight excluding hydrogens is 156 g/mol. The third kappa shape index (κ3) is 6.15. The van der Waals surface area contributed by atoms with E-state index in [1.54, 1.807) is 0 Å². The molecule has 0 heterocycles. The molecular formula is C13H17. The number of allylic oxidation sites excluding steroid dienone is 8. The van der Waals surface area contributed by atoms with Gasteiger partial charge in [0.1, 0.15) is 0 Å². The van der Waals surface area contributed by atoms with E-state index in [4.69, 9.17) is 0 Å². The van der Waals surface area contributed by atoms with Crippen LogP contribution in [0.2, 0.25) is 0 Å². The van der Waals surface area contributed by atoms with Gasteiger partial charge >= 0.3 is 0 Å². The number of rotatable bonds is 0. The molecule has 0 heteroatoms. The Morgan fingerprint density at radius 3 is 2.15 bits per heavy atom. The minimum atomic E-state index is 1.07. The van der Waals surface area contributed by atoms with Crippen molar-refractivity contribution in [2.75, 3.05) is 0 Å². The van der Waals surface area contributed by atoms with Gasteiger partial charge < -0.3 is 0 Å². The average molecular weight is 173 g/mol. The Labute approximate surface area is 81.4 Å². The van der Waals surface area contributed by atoms with Crippen molar-refractivity contribution in [1.82, 2.24) is 0 Å². The molecule has 0 aromatic carbocycles. The summed E-state index contributed by atoms with van der Waals surface area (Å²) < 4.78 is 0. The van der Waals surface area contributed by atoms with Gasteiger partial charge in [-0.3, -0.25) is 0 Å². The van der Waals surface area contributed by atoms with Gasteiger partial charge in [0, 0.05) is 0 Å². The van der Waals surface area contributed by atoms with Crippen LogP contribution < -0.4 is 0 Å². The smallest absolute Gasteiger partial charge is 0.0311 e. The van der Waals surface area contributed by atoms with Gasteiger partial charge in [-0.2, -0.15) is 0 Å². The maximum atomic E-state index is 2.28. The maximum Gasteiger partial charge on any atom is -0.0311 e. The van der Waals surface area contributed by atoms with E-state index < -0.39 is 0 Å². The minimum Gasteiger partial charge on any atom is -0.0882 e. The van der Waals surface area contributed by atoms with Crippen molar-refractivity contribution in [2.45, 2.75) is 25.7 Å². The SMILES string of the molecule is [CH]1C\C=C/C=C/C=C\CC/C=C/C1. The van der Waals surface area contributed by atoms with Crippen LogP contribution >= 0.6 is 0 Å². The standard InChI is InChI=1S/C13H17/c1-2-4-6-8-10-12-13-11-9-7-5-3-1/h1-6,9,12-13H,7-8,10-11H2/b2-1+,5-3-,6-4-,13-12+. The summed E-state index contributed by atoms with van der Waals surface area (Å²) in [6.07, 6.45) is 24.0. The third-order valence-corrected chi connectivity index (χ3v) is 1.88. The second kappa shape index (κ2) is 7.60. The summed E-state index contributed by atoms with van der Waals surface area (Å²) >= 11 is 0. The van der Waals surface area contributed by atoms with E-state index in [1.165, 1.54) is 0 Å². The van der Waals surface area contributed by atoms with Gasteiger partial charge in [0.2, 0.25) is 0 Å². The van der Waals surface area contributed by atoms with Crippen molar-refractivity contribution in [3.05, 3.63) is 55.0 Å². The fraction of sp³-hybridized carbons (Fsp3) is 0.308. The van der Waals surface area contributed by atoms with Crippen LogP contribution in [0.5, 0.6) is 0 Å². The zero-order chi connectivity index (χ0) is 9.19. The van der Waals surface area contributed by atoms with Gasteiger partial charge in [-0.15, -0.1) is 0 Å². The number of hydrogen-bond donors (Lipinski definition) is 0. The van der Waals surface area contributed by atoms with E-state index in [1.807, 2.05) is 0 Å². The molecule has 0 aromatic heterocycles. The van der Waals surface area contributed by atoms with Crippen LogP contribution in [-0.4, -0.2) is 0 Å². The molecule has 0 amide bonds. The first kappa shape index (κ1) is 10.0. The molecule has 0 spiro atoms. The highest BCUT2D eigenvalue weighted by Crippen LogP contribution is 2.00. The highest BCUT2D eigenvalue weighted by molar-refractivity contribution is 5.12. The fourth-order valence-electron chi connectivity index (χ4n) is 1.16. The van der Waals surface area contributed by atoms with Gasteiger partial charge in [0.05, 0.1) is 0 Å². The molecule has 0 atom stereocenters. The summed E-state index contributed by atoms with van der Waals surface area (Å²) in [7, 11) is 0. The average Bonchev–Trinajstić information content (AvgIpc) is 2.18. The summed E-state index contributed by atoms with van der Waals surface area (Å²) in [5.74, 6) is 0. The first-order valence-corrected chi connectivity index (χ1v) is 4.95. The molecule has 13 heavy (non-hydrogen) atoms.